The molecule has 23 heavy (non-hydrogen) atoms. The highest BCUT2D eigenvalue weighted by Crippen LogP contribution is 2.18. The number of methoxy groups -OCH3 is 1. The van der Waals surface area contributed by atoms with Crippen molar-refractivity contribution in [1.29, 1.82) is 0 Å². The number of aryl methyl sites for hydroxylation is 1. The van der Waals surface area contributed by atoms with Crippen LogP contribution in [0.3, 0.4) is 0 Å². The predicted octanol–water partition coefficient (Wildman–Crippen LogP) is 2.91. The molecule has 2 aromatic rings. The Morgan fingerprint density at radius 3 is 2.52 bits per heavy atom. The summed E-state index contributed by atoms with van der Waals surface area (Å²) in [6.07, 6.45) is 0. The quantitative estimate of drug-likeness (QED) is 0.462. The summed E-state index contributed by atoms with van der Waals surface area (Å²) in [5.41, 5.74) is 1.45. The van der Waals surface area contributed by atoms with Gasteiger partial charge in [-0.15, -0.1) is 0 Å². The van der Waals surface area contributed by atoms with Crippen LogP contribution < -0.4 is 0 Å². The molecule has 0 aliphatic heterocycles. The molecule has 1 heterocycles. The van der Waals surface area contributed by atoms with Crippen LogP contribution in [0.5, 0.6) is 0 Å². The lowest BCUT2D eigenvalue weighted by Gasteiger charge is -2.14. The van der Waals surface area contributed by atoms with Crippen molar-refractivity contribution < 1.29 is 18.9 Å². The summed E-state index contributed by atoms with van der Waals surface area (Å²) in [6.45, 7) is 2.83. The molecule has 0 fully saturated rings. The summed E-state index contributed by atoms with van der Waals surface area (Å²) in [5, 5.41) is 10.6. The molecule has 7 heteroatoms. The van der Waals surface area contributed by atoms with Gasteiger partial charge in [-0.2, -0.15) is 0 Å². The Kier molecular flexibility index (Phi) is 5.13. The molecule has 0 spiro atoms. The summed E-state index contributed by atoms with van der Waals surface area (Å²) < 4.78 is 10.3. The molecule has 7 nitrogen and oxygen atoms in total. The number of esters is 1. The highest BCUT2D eigenvalue weighted by atomic mass is 16.6. The van der Waals surface area contributed by atoms with Crippen LogP contribution in [-0.2, 0) is 17.8 Å². The third kappa shape index (κ3) is 4.17. The van der Waals surface area contributed by atoms with Crippen molar-refractivity contribution >= 4 is 11.7 Å². The molecule has 0 amide bonds. The van der Waals surface area contributed by atoms with Crippen LogP contribution in [-0.4, -0.2) is 29.9 Å². The average Bonchev–Trinajstić information content (AvgIpc) is 2.87. The zero-order valence-electron chi connectivity index (χ0n) is 13.2. The molecule has 1 aromatic carbocycles. The monoisotopic (exact) mass is 318 g/mol. The number of nitro benzene ring substituents is 1. The summed E-state index contributed by atoms with van der Waals surface area (Å²) in [5.74, 6) is 0.762. The van der Waals surface area contributed by atoms with E-state index in [1.165, 1.54) is 19.2 Å². The molecule has 122 valence electrons. The van der Waals surface area contributed by atoms with Crippen LogP contribution in [0.25, 0.3) is 0 Å². The Balaban J connectivity index is 2.00. The van der Waals surface area contributed by atoms with E-state index in [-0.39, 0.29) is 5.69 Å². The first-order valence-corrected chi connectivity index (χ1v) is 7.00. The second kappa shape index (κ2) is 7.06. The minimum Gasteiger partial charge on any atom is -0.465 e. The van der Waals surface area contributed by atoms with Gasteiger partial charge in [0.15, 0.2) is 0 Å². The van der Waals surface area contributed by atoms with Crippen molar-refractivity contribution in [2.24, 2.45) is 0 Å². The number of benzene rings is 1. The number of furan rings is 1. The van der Waals surface area contributed by atoms with E-state index in [4.69, 9.17) is 9.15 Å². The third-order valence-corrected chi connectivity index (χ3v) is 3.40. The number of ether oxygens (including phenoxy) is 1. The van der Waals surface area contributed by atoms with Gasteiger partial charge >= 0.3 is 5.97 Å². The highest BCUT2D eigenvalue weighted by molar-refractivity contribution is 5.90. The molecule has 0 aliphatic rings. The van der Waals surface area contributed by atoms with Crippen molar-refractivity contribution in [2.45, 2.75) is 20.0 Å². The summed E-state index contributed by atoms with van der Waals surface area (Å²) >= 11 is 0. The lowest BCUT2D eigenvalue weighted by Crippen LogP contribution is -2.16. The SMILES string of the molecule is COC(=O)c1cc(CN(C)Cc2ccc([N+](=O)[O-])cc2)oc1C. The van der Waals surface area contributed by atoms with E-state index in [0.717, 1.165) is 5.56 Å². The van der Waals surface area contributed by atoms with Crippen LogP contribution in [0.1, 0.15) is 27.4 Å². The molecule has 0 N–H and O–H groups in total. The molecule has 1 aromatic heterocycles. The Morgan fingerprint density at radius 2 is 1.96 bits per heavy atom. The first-order chi connectivity index (χ1) is 10.9. The van der Waals surface area contributed by atoms with Crippen molar-refractivity contribution in [2.75, 3.05) is 14.2 Å². The molecule has 2 rings (SSSR count). The van der Waals surface area contributed by atoms with Crippen LogP contribution >= 0.6 is 0 Å². The number of rotatable bonds is 6. The molecule has 0 atom stereocenters. The maximum Gasteiger partial charge on any atom is 0.341 e. The average molecular weight is 318 g/mol. The molecule has 0 bridgehead atoms. The molecule has 0 saturated heterocycles. The predicted molar refractivity (Wildman–Crippen MR) is 83.1 cm³/mol. The van der Waals surface area contributed by atoms with E-state index < -0.39 is 10.9 Å². The highest BCUT2D eigenvalue weighted by Gasteiger charge is 2.16. The lowest BCUT2D eigenvalue weighted by atomic mass is 10.2. The molecule has 0 radical (unpaired) electrons. The third-order valence-electron chi connectivity index (χ3n) is 3.40. The van der Waals surface area contributed by atoms with E-state index in [1.54, 1.807) is 25.1 Å². The van der Waals surface area contributed by atoms with E-state index in [9.17, 15) is 14.9 Å². The van der Waals surface area contributed by atoms with Gasteiger partial charge in [0, 0.05) is 18.7 Å². The van der Waals surface area contributed by atoms with E-state index in [0.29, 0.717) is 30.2 Å². The molecular weight excluding hydrogens is 300 g/mol. The van der Waals surface area contributed by atoms with Gasteiger partial charge in [0.2, 0.25) is 0 Å². The summed E-state index contributed by atoms with van der Waals surface area (Å²) in [4.78, 5) is 23.8. The van der Waals surface area contributed by atoms with Gasteiger partial charge in [-0.1, -0.05) is 12.1 Å². The Labute approximate surface area is 133 Å². The van der Waals surface area contributed by atoms with Crippen molar-refractivity contribution in [3.8, 4) is 0 Å². The van der Waals surface area contributed by atoms with Gasteiger partial charge in [0.05, 0.1) is 18.6 Å². The Bertz CT molecular complexity index is 706. The number of nitrogens with zero attached hydrogens (tertiary/aromatic N) is 2. The largest absolute Gasteiger partial charge is 0.465 e. The van der Waals surface area contributed by atoms with Gasteiger partial charge in [-0.25, -0.2) is 4.79 Å². The van der Waals surface area contributed by atoms with Crippen LogP contribution in [0.4, 0.5) is 5.69 Å². The van der Waals surface area contributed by atoms with E-state index >= 15 is 0 Å². The number of nitro groups is 1. The minimum atomic E-state index is -0.423. The zero-order chi connectivity index (χ0) is 17.0. The van der Waals surface area contributed by atoms with Crippen LogP contribution in [0.2, 0.25) is 0 Å². The standard InChI is InChI=1S/C16H18N2O5/c1-11-15(16(19)22-3)8-14(23-11)10-17(2)9-12-4-6-13(7-5-12)18(20)21/h4-8H,9-10H2,1-3H3. The fourth-order valence-corrected chi connectivity index (χ4v) is 2.29. The Hall–Kier alpha value is -2.67. The number of carbonyl (C=O) groups is 1. The molecule has 0 saturated carbocycles. The lowest BCUT2D eigenvalue weighted by molar-refractivity contribution is -0.384. The van der Waals surface area contributed by atoms with Gasteiger partial charge in [-0.05, 0) is 25.6 Å². The minimum absolute atomic E-state index is 0.0702. The smallest absolute Gasteiger partial charge is 0.341 e. The van der Waals surface area contributed by atoms with Crippen LogP contribution in [0, 0.1) is 17.0 Å². The van der Waals surface area contributed by atoms with Gasteiger partial charge in [0.1, 0.15) is 17.1 Å². The Morgan fingerprint density at radius 1 is 1.30 bits per heavy atom. The van der Waals surface area contributed by atoms with Gasteiger partial charge in [-0.3, -0.25) is 15.0 Å². The topological polar surface area (TPSA) is 85.8 Å². The molecule has 0 unspecified atom stereocenters. The molecular formula is C16H18N2O5. The fourth-order valence-electron chi connectivity index (χ4n) is 2.29. The second-order valence-corrected chi connectivity index (χ2v) is 5.27. The first-order valence-electron chi connectivity index (χ1n) is 7.00. The fraction of sp³-hybridized carbons (Fsp3) is 0.312. The second-order valence-electron chi connectivity index (χ2n) is 5.27. The number of carbonyl (C=O) groups excluding carboxylic acids is 1. The van der Waals surface area contributed by atoms with Gasteiger partial charge in [0.25, 0.3) is 5.69 Å². The van der Waals surface area contributed by atoms with Crippen molar-refractivity contribution in [3.63, 3.8) is 0 Å². The summed E-state index contributed by atoms with van der Waals surface area (Å²) in [6, 6.07) is 8.09. The van der Waals surface area contributed by atoms with Gasteiger partial charge < -0.3 is 9.15 Å². The normalized spacial score (nSPS) is 10.8. The van der Waals surface area contributed by atoms with Crippen molar-refractivity contribution in [3.05, 3.63) is 63.1 Å². The zero-order valence-corrected chi connectivity index (χ0v) is 13.2. The maximum absolute atomic E-state index is 11.6. The van der Waals surface area contributed by atoms with Crippen molar-refractivity contribution in [1.82, 2.24) is 4.90 Å². The van der Waals surface area contributed by atoms with E-state index in [2.05, 4.69) is 0 Å². The van der Waals surface area contributed by atoms with E-state index in [1.807, 2.05) is 11.9 Å². The number of hydrogen-bond acceptors (Lipinski definition) is 6. The summed E-state index contributed by atoms with van der Waals surface area (Å²) in [7, 11) is 3.23. The first kappa shape index (κ1) is 16.7. The van der Waals surface area contributed by atoms with Crippen LogP contribution in [0.15, 0.2) is 34.7 Å². The number of non-ortho nitro benzene ring substituents is 1. The number of hydrogen-bond donors (Lipinski definition) is 0. The maximum atomic E-state index is 11.6. The molecule has 0 aliphatic carbocycles.